The number of quaternary nitrogens is 1. The first-order valence-electron chi connectivity index (χ1n) is 3.86. The van der Waals surface area contributed by atoms with Crippen LogP contribution < -0.4 is 0 Å². The fourth-order valence-electron chi connectivity index (χ4n) is 1.45. The molecule has 0 aromatic heterocycles. The Morgan fingerprint density at radius 1 is 1.33 bits per heavy atom. The van der Waals surface area contributed by atoms with Gasteiger partial charge in [0, 0.05) is 6.42 Å². The van der Waals surface area contributed by atoms with Crippen LogP contribution in [0.4, 0.5) is 0 Å². The number of hydrogen-bond acceptors (Lipinski definition) is 0. The summed E-state index contributed by atoms with van der Waals surface area (Å²) in [5.74, 6) is 0. The maximum atomic E-state index is 2.35. The van der Waals surface area contributed by atoms with E-state index in [0.717, 1.165) is 0 Å². The van der Waals surface area contributed by atoms with Crippen LogP contribution in [0.5, 0.6) is 0 Å². The molecule has 0 spiro atoms. The van der Waals surface area contributed by atoms with Gasteiger partial charge in [-0.25, -0.2) is 0 Å². The van der Waals surface area contributed by atoms with Gasteiger partial charge in [0.25, 0.3) is 0 Å². The Morgan fingerprint density at radius 2 is 2.00 bits per heavy atom. The Labute approximate surface area is 57.6 Å². The van der Waals surface area contributed by atoms with E-state index in [0.29, 0.717) is 0 Å². The van der Waals surface area contributed by atoms with Crippen molar-refractivity contribution in [2.75, 3.05) is 19.6 Å². The van der Waals surface area contributed by atoms with Crippen molar-refractivity contribution < 1.29 is 4.48 Å². The molecule has 1 nitrogen and oxygen atoms in total. The molecule has 0 aromatic carbocycles. The van der Waals surface area contributed by atoms with Gasteiger partial charge >= 0.3 is 0 Å². The van der Waals surface area contributed by atoms with E-state index in [9.17, 15) is 0 Å². The minimum absolute atomic E-state index is 1.21. The summed E-state index contributed by atoms with van der Waals surface area (Å²) in [6.45, 7) is 8.37. The highest BCUT2D eigenvalue weighted by molar-refractivity contribution is 4.81. The molecule has 0 atom stereocenters. The summed E-state index contributed by atoms with van der Waals surface area (Å²) >= 11 is 0. The van der Waals surface area contributed by atoms with Crippen LogP contribution in [0.3, 0.4) is 0 Å². The average Bonchev–Trinajstić information content (AvgIpc) is 2.36. The molecule has 0 unspecified atom stereocenters. The third kappa shape index (κ3) is 1.16. The van der Waals surface area contributed by atoms with Crippen LogP contribution in [-0.2, 0) is 0 Å². The highest BCUT2D eigenvalue weighted by Crippen LogP contribution is 2.15. The molecule has 0 aromatic rings. The van der Waals surface area contributed by atoms with Gasteiger partial charge in [0.2, 0.25) is 0 Å². The van der Waals surface area contributed by atoms with Crippen LogP contribution in [-0.4, -0.2) is 24.1 Å². The Hall–Kier alpha value is -0.300. The third-order valence-electron chi connectivity index (χ3n) is 2.42. The first-order valence-corrected chi connectivity index (χ1v) is 3.86. The lowest BCUT2D eigenvalue weighted by atomic mass is 10.4. The Balaban J connectivity index is 2.57. The molecule has 0 saturated heterocycles. The highest BCUT2D eigenvalue weighted by Gasteiger charge is 2.22. The largest absolute Gasteiger partial charge is 0.298 e. The Morgan fingerprint density at radius 3 is 2.22 bits per heavy atom. The van der Waals surface area contributed by atoms with E-state index in [-0.39, 0.29) is 0 Å². The van der Waals surface area contributed by atoms with Gasteiger partial charge in [0.05, 0.1) is 25.8 Å². The van der Waals surface area contributed by atoms with Crippen molar-refractivity contribution in [1.29, 1.82) is 0 Å². The summed E-state index contributed by atoms with van der Waals surface area (Å²) in [5.41, 5.74) is 0. The molecular weight excluding hydrogens is 110 g/mol. The standard InChI is InChI=1S/C8H16N/c1-3-9(4-2)7-5-6-8-9/h5,7H,3-4,6,8H2,1-2H3/q+1. The van der Waals surface area contributed by atoms with Gasteiger partial charge < -0.3 is 0 Å². The van der Waals surface area contributed by atoms with Crippen molar-refractivity contribution in [3.63, 3.8) is 0 Å². The molecule has 1 aliphatic heterocycles. The second-order valence-electron chi connectivity index (χ2n) is 2.75. The molecule has 1 rings (SSSR count). The van der Waals surface area contributed by atoms with Gasteiger partial charge in [-0.2, -0.15) is 0 Å². The van der Waals surface area contributed by atoms with Crippen molar-refractivity contribution in [2.24, 2.45) is 0 Å². The first kappa shape index (κ1) is 6.81. The van der Waals surface area contributed by atoms with Gasteiger partial charge in [0.1, 0.15) is 0 Å². The SMILES string of the molecule is CC[N+]1(CC)C=CCC1. The Bertz CT molecular complexity index is 112. The molecule has 0 N–H and O–H groups in total. The van der Waals surface area contributed by atoms with Crippen molar-refractivity contribution in [3.8, 4) is 0 Å². The predicted molar refractivity (Wildman–Crippen MR) is 40.0 cm³/mol. The predicted octanol–water partition coefficient (Wildman–Crippen LogP) is 1.76. The van der Waals surface area contributed by atoms with Crippen LogP contribution >= 0.6 is 0 Å². The quantitative estimate of drug-likeness (QED) is 0.495. The number of nitrogens with zero attached hydrogens (tertiary/aromatic N) is 1. The van der Waals surface area contributed by atoms with E-state index in [1.54, 1.807) is 0 Å². The molecule has 52 valence electrons. The van der Waals surface area contributed by atoms with E-state index < -0.39 is 0 Å². The first-order chi connectivity index (χ1) is 4.33. The minimum Gasteiger partial charge on any atom is -0.298 e. The smallest absolute Gasteiger partial charge is 0.0920 e. The lowest BCUT2D eigenvalue weighted by molar-refractivity contribution is -0.870. The third-order valence-corrected chi connectivity index (χ3v) is 2.42. The van der Waals surface area contributed by atoms with Crippen molar-refractivity contribution >= 4 is 0 Å². The van der Waals surface area contributed by atoms with Crippen LogP contribution in [0.2, 0.25) is 0 Å². The van der Waals surface area contributed by atoms with Crippen LogP contribution in [0, 0.1) is 0 Å². The minimum atomic E-state index is 1.21. The van der Waals surface area contributed by atoms with Crippen molar-refractivity contribution in [1.82, 2.24) is 0 Å². The van der Waals surface area contributed by atoms with E-state index in [4.69, 9.17) is 0 Å². The zero-order chi connectivity index (χ0) is 6.74. The molecule has 0 amide bonds. The zero-order valence-electron chi connectivity index (χ0n) is 6.43. The topological polar surface area (TPSA) is 0 Å². The van der Waals surface area contributed by atoms with Gasteiger partial charge in [-0.1, -0.05) is 0 Å². The zero-order valence-corrected chi connectivity index (χ0v) is 6.43. The fraction of sp³-hybridized carbons (Fsp3) is 0.750. The Kier molecular flexibility index (Phi) is 1.91. The lowest BCUT2D eigenvalue weighted by Gasteiger charge is -2.28. The van der Waals surface area contributed by atoms with E-state index >= 15 is 0 Å². The van der Waals surface area contributed by atoms with Gasteiger partial charge in [0.15, 0.2) is 0 Å². The second kappa shape index (κ2) is 2.53. The van der Waals surface area contributed by atoms with E-state index in [2.05, 4.69) is 26.1 Å². The number of rotatable bonds is 2. The average molecular weight is 126 g/mol. The summed E-state index contributed by atoms with van der Waals surface area (Å²) in [5, 5.41) is 0. The molecule has 0 fully saturated rings. The molecule has 0 saturated carbocycles. The maximum Gasteiger partial charge on any atom is 0.0920 e. The lowest BCUT2D eigenvalue weighted by Crippen LogP contribution is -2.40. The van der Waals surface area contributed by atoms with Crippen LogP contribution in [0.25, 0.3) is 0 Å². The summed E-state index contributed by atoms with van der Waals surface area (Å²) in [6.07, 6.45) is 5.93. The van der Waals surface area contributed by atoms with E-state index in [1.165, 1.54) is 30.5 Å². The summed E-state index contributed by atoms with van der Waals surface area (Å²) < 4.78 is 1.21. The van der Waals surface area contributed by atoms with Gasteiger partial charge in [-0.15, -0.1) is 0 Å². The summed E-state index contributed by atoms with van der Waals surface area (Å²) in [4.78, 5) is 0. The molecule has 9 heavy (non-hydrogen) atoms. The summed E-state index contributed by atoms with van der Waals surface area (Å²) in [7, 11) is 0. The van der Waals surface area contributed by atoms with Crippen molar-refractivity contribution in [2.45, 2.75) is 20.3 Å². The van der Waals surface area contributed by atoms with Gasteiger partial charge in [-0.3, -0.25) is 4.48 Å². The molecule has 1 aliphatic rings. The maximum absolute atomic E-state index is 2.35. The van der Waals surface area contributed by atoms with Gasteiger partial charge in [-0.05, 0) is 19.9 Å². The monoisotopic (exact) mass is 126 g/mol. The molecule has 0 aliphatic carbocycles. The van der Waals surface area contributed by atoms with Crippen molar-refractivity contribution in [3.05, 3.63) is 12.3 Å². The number of hydrogen-bond donors (Lipinski definition) is 0. The second-order valence-corrected chi connectivity index (χ2v) is 2.75. The molecule has 0 bridgehead atoms. The molecule has 0 radical (unpaired) electrons. The molecule has 1 heteroatoms. The molecular formula is C8H16N+. The highest BCUT2D eigenvalue weighted by atomic mass is 15.3. The van der Waals surface area contributed by atoms with Crippen LogP contribution in [0.15, 0.2) is 12.3 Å². The summed E-state index contributed by atoms with van der Waals surface area (Å²) in [6, 6.07) is 0. The normalized spacial score (nSPS) is 22.9. The molecule has 1 heterocycles. The fourth-order valence-corrected chi connectivity index (χ4v) is 1.45. The van der Waals surface area contributed by atoms with E-state index in [1.807, 2.05) is 0 Å². The van der Waals surface area contributed by atoms with Crippen LogP contribution in [0.1, 0.15) is 20.3 Å².